The molecule has 1 nitrogen and oxygen atoms in total. The van der Waals surface area contributed by atoms with Crippen molar-refractivity contribution in [2.24, 2.45) is 0 Å². The van der Waals surface area contributed by atoms with Gasteiger partial charge in [-0.1, -0.05) is 170 Å². The summed E-state index contributed by atoms with van der Waals surface area (Å²) in [5.41, 5.74) is 22.9. The second kappa shape index (κ2) is 12.2. The number of nitrogens with one attached hydrogen (secondary N) is 1. The number of anilines is 2. The standard InChI is InChI=1S/C50H35N/c1-5-17-33(18-6-1)41-31-43-39-27-15-13-25-37(39)29-45(43)49(47(41)35-21-9-3-10-22-35)51-50-46-30-38-26-14-16-28-40(38)44(46)32-42(34-19-7-2-8-20-34)48(50)36-23-11-4-12-24-36/h1-28,31-32,51H,29-30H2. The van der Waals surface area contributed by atoms with Crippen molar-refractivity contribution in [3.63, 3.8) is 0 Å². The lowest BCUT2D eigenvalue weighted by Gasteiger charge is -2.26. The largest absolute Gasteiger partial charge is 0.354 e. The zero-order valence-electron chi connectivity index (χ0n) is 28.2. The number of rotatable bonds is 6. The van der Waals surface area contributed by atoms with E-state index >= 15 is 0 Å². The second-order valence-electron chi connectivity index (χ2n) is 13.7. The third kappa shape index (κ3) is 4.93. The minimum atomic E-state index is 0.879. The fraction of sp³-hybridized carbons (Fsp3) is 0.0400. The van der Waals surface area contributed by atoms with Crippen LogP contribution in [0, 0.1) is 0 Å². The van der Waals surface area contributed by atoms with E-state index in [2.05, 4.69) is 187 Å². The molecule has 8 aromatic carbocycles. The third-order valence-corrected chi connectivity index (χ3v) is 10.8. The first-order valence-electron chi connectivity index (χ1n) is 17.9. The van der Waals surface area contributed by atoms with Gasteiger partial charge in [0.2, 0.25) is 0 Å². The van der Waals surface area contributed by atoms with Crippen LogP contribution in [-0.2, 0) is 12.8 Å². The van der Waals surface area contributed by atoms with Crippen LogP contribution in [0.1, 0.15) is 22.3 Å². The van der Waals surface area contributed by atoms with Gasteiger partial charge in [0.25, 0.3) is 0 Å². The molecule has 0 saturated carbocycles. The quantitative estimate of drug-likeness (QED) is 0.189. The Kier molecular flexibility index (Phi) is 7.03. The summed E-state index contributed by atoms with van der Waals surface area (Å²) in [7, 11) is 0. The highest BCUT2D eigenvalue weighted by molar-refractivity contribution is 6.06. The van der Waals surface area contributed by atoms with Gasteiger partial charge in [0.1, 0.15) is 0 Å². The first-order chi connectivity index (χ1) is 25.3. The van der Waals surface area contributed by atoms with Crippen LogP contribution in [0.2, 0.25) is 0 Å². The van der Waals surface area contributed by atoms with E-state index in [-0.39, 0.29) is 0 Å². The van der Waals surface area contributed by atoms with Gasteiger partial charge in [-0.05, 0) is 90.0 Å². The average Bonchev–Trinajstić information content (AvgIpc) is 3.77. The monoisotopic (exact) mass is 649 g/mol. The molecule has 0 radical (unpaired) electrons. The van der Waals surface area contributed by atoms with E-state index in [0.29, 0.717) is 0 Å². The lowest BCUT2D eigenvalue weighted by Crippen LogP contribution is -2.06. The molecule has 0 spiro atoms. The predicted molar refractivity (Wildman–Crippen MR) is 214 cm³/mol. The van der Waals surface area contributed by atoms with Gasteiger partial charge in [-0.3, -0.25) is 0 Å². The number of hydrogen-bond acceptors (Lipinski definition) is 1. The van der Waals surface area contributed by atoms with Gasteiger partial charge in [-0.15, -0.1) is 0 Å². The highest BCUT2D eigenvalue weighted by Crippen LogP contribution is 2.54. The van der Waals surface area contributed by atoms with Gasteiger partial charge in [0, 0.05) is 24.0 Å². The number of hydrogen-bond donors (Lipinski definition) is 1. The predicted octanol–water partition coefficient (Wildman–Crippen LogP) is 13.2. The Hall–Kier alpha value is -6.44. The van der Waals surface area contributed by atoms with Crippen LogP contribution in [0.5, 0.6) is 0 Å². The fourth-order valence-corrected chi connectivity index (χ4v) is 8.45. The molecule has 8 aromatic rings. The Bertz CT molecular complexity index is 2390. The van der Waals surface area contributed by atoms with E-state index in [4.69, 9.17) is 0 Å². The van der Waals surface area contributed by atoms with Crippen molar-refractivity contribution in [3.8, 4) is 66.8 Å². The molecule has 2 aliphatic rings. The van der Waals surface area contributed by atoms with E-state index in [1.807, 2.05) is 0 Å². The van der Waals surface area contributed by atoms with Crippen LogP contribution in [0.3, 0.4) is 0 Å². The zero-order chi connectivity index (χ0) is 33.7. The molecule has 0 atom stereocenters. The van der Waals surface area contributed by atoms with E-state index in [9.17, 15) is 0 Å². The van der Waals surface area contributed by atoms with Crippen LogP contribution in [0.25, 0.3) is 66.8 Å². The fourth-order valence-electron chi connectivity index (χ4n) is 8.45. The molecule has 0 aromatic heterocycles. The Labute approximate surface area is 299 Å². The van der Waals surface area contributed by atoms with E-state index in [1.165, 1.54) is 100 Å². The van der Waals surface area contributed by atoms with Crippen molar-refractivity contribution < 1.29 is 0 Å². The molecule has 10 rings (SSSR count). The molecule has 240 valence electrons. The molecule has 0 saturated heterocycles. The maximum absolute atomic E-state index is 4.33. The van der Waals surface area contributed by atoms with Gasteiger partial charge in [0.05, 0.1) is 11.4 Å². The number of benzene rings is 8. The molecule has 1 N–H and O–H groups in total. The summed E-state index contributed by atoms with van der Waals surface area (Å²) in [5, 5.41) is 4.33. The lowest BCUT2D eigenvalue weighted by molar-refractivity contribution is 1.24. The Morgan fingerprint density at radius 2 is 0.627 bits per heavy atom. The molecule has 0 unspecified atom stereocenters. The maximum atomic E-state index is 4.33. The SMILES string of the molecule is c1ccc(-c2cc3c(c(Nc4c5c(cc(-c6ccccc6)c4-c4ccccc4)-c4ccccc4C5)c2-c2ccccc2)Cc2ccccc2-3)cc1. The van der Waals surface area contributed by atoms with Crippen LogP contribution < -0.4 is 5.32 Å². The van der Waals surface area contributed by atoms with E-state index < -0.39 is 0 Å². The smallest absolute Gasteiger partial charge is 0.0512 e. The topological polar surface area (TPSA) is 12.0 Å². The van der Waals surface area contributed by atoms with Crippen molar-refractivity contribution >= 4 is 11.4 Å². The summed E-state index contributed by atoms with van der Waals surface area (Å²) in [4.78, 5) is 0. The normalized spacial score (nSPS) is 12.2. The van der Waals surface area contributed by atoms with Gasteiger partial charge < -0.3 is 5.32 Å². The summed E-state index contributed by atoms with van der Waals surface area (Å²) in [6.07, 6.45) is 1.76. The van der Waals surface area contributed by atoms with Gasteiger partial charge in [-0.2, -0.15) is 0 Å². The summed E-state index contributed by atoms with van der Waals surface area (Å²) in [5.74, 6) is 0. The van der Waals surface area contributed by atoms with Gasteiger partial charge >= 0.3 is 0 Å². The minimum Gasteiger partial charge on any atom is -0.354 e. The molecule has 0 fully saturated rings. The third-order valence-electron chi connectivity index (χ3n) is 10.8. The molecule has 0 amide bonds. The molecule has 51 heavy (non-hydrogen) atoms. The molecular formula is C50H35N. The first kappa shape index (κ1) is 29.5. The molecule has 0 aliphatic heterocycles. The Morgan fingerprint density at radius 1 is 0.294 bits per heavy atom. The van der Waals surface area contributed by atoms with Crippen LogP contribution in [0.4, 0.5) is 11.4 Å². The van der Waals surface area contributed by atoms with Crippen LogP contribution >= 0.6 is 0 Å². The van der Waals surface area contributed by atoms with Gasteiger partial charge in [0.15, 0.2) is 0 Å². The number of fused-ring (bicyclic) bond motifs is 6. The van der Waals surface area contributed by atoms with Crippen molar-refractivity contribution in [2.45, 2.75) is 12.8 Å². The van der Waals surface area contributed by atoms with Crippen molar-refractivity contribution in [1.82, 2.24) is 0 Å². The molecular weight excluding hydrogens is 615 g/mol. The highest BCUT2D eigenvalue weighted by atomic mass is 14.9. The molecule has 2 aliphatic carbocycles. The summed E-state index contributed by atoms with van der Waals surface area (Å²) in [6.45, 7) is 0. The van der Waals surface area contributed by atoms with Gasteiger partial charge in [-0.25, -0.2) is 0 Å². The van der Waals surface area contributed by atoms with Crippen LogP contribution in [0.15, 0.2) is 182 Å². The maximum Gasteiger partial charge on any atom is 0.0512 e. The molecule has 0 bridgehead atoms. The molecule has 1 heteroatoms. The average molecular weight is 650 g/mol. The highest BCUT2D eigenvalue weighted by Gasteiger charge is 2.31. The minimum absolute atomic E-state index is 0.879. The summed E-state index contributed by atoms with van der Waals surface area (Å²) >= 11 is 0. The second-order valence-corrected chi connectivity index (χ2v) is 13.7. The Balaban J connectivity index is 1.33. The van der Waals surface area contributed by atoms with Crippen molar-refractivity contribution in [1.29, 1.82) is 0 Å². The zero-order valence-corrected chi connectivity index (χ0v) is 28.2. The Morgan fingerprint density at radius 3 is 1.02 bits per heavy atom. The molecule has 0 heterocycles. The van der Waals surface area contributed by atoms with E-state index in [1.54, 1.807) is 0 Å². The van der Waals surface area contributed by atoms with Crippen molar-refractivity contribution in [3.05, 3.63) is 204 Å². The lowest BCUT2D eigenvalue weighted by atomic mass is 9.85. The summed E-state index contributed by atoms with van der Waals surface area (Å²) in [6, 6.07) is 66.5. The van der Waals surface area contributed by atoms with Crippen molar-refractivity contribution in [2.75, 3.05) is 5.32 Å². The van der Waals surface area contributed by atoms with E-state index in [0.717, 1.165) is 12.8 Å². The van der Waals surface area contributed by atoms with Crippen LogP contribution in [-0.4, -0.2) is 0 Å². The summed E-state index contributed by atoms with van der Waals surface area (Å²) < 4.78 is 0. The first-order valence-corrected chi connectivity index (χ1v) is 17.9.